The highest BCUT2D eigenvalue weighted by Gasteiger charge is 2.40. The van der Waals surface area contributed by atoms with Gasteiger partial charge in [-0.05, 0) is 12.1 Å². The van der Waals surface area contributed by atoms with E-state index in [1.54, 1.807) is 12.1 Å². The van der Waals surface area contributed by atoms with Gasteiger partial charge in [0.15, 0.2) is 5.78 Å². The highest BCUT2D eigenvalue weighted by molar-refractivity contribution is 6.02. The third-order valence-corrected chi connectivity index (χ3v) is 3.34. The fourth-order valence-corrected chi connectivity index (χ4v) is 2.35. The molecule has 2 aromatic carbocycles. The lowest BCUT2D eigenvalue weighted by atomic mass is 10.00. The van der Waals surface area contributed by atoms with E-state index in [9.17, 15) is 9.90 Å². The summed E-state index contributed by atoms with van der Waals surface area (Å²) in [5.74, 6) is -0.139. The van der Waals surface area contributed by atoms with Crippen molar-refractivity contribution in [3.63, 3.8) is 0 Å². The Balaban J connectivity index is 1.92. The second-order valence-electron chi connectivity index (χ2n) is 4.70. The maximum atomic E-state index is 12.6. The van der Waals surface area contributed by atoms with Crippen LogP contribution in [0.25, 0.3) is 0 Å². The highest BCUT2D eigenvalue weighted by atomic mass is 16.7. The first kappa shape index (κ1) is 12.8. The lowest BCUT2D eigenvalue weighted by Crippen LogP contribution is -2.42. The number of anilines is 1. The zero-order chi connectivity index (χ0) is 13.9. The van der Waals surface area contributed by atoms with Crippen LogP contribution in [0, 0.1) is 0 Å². The number of hydroxylamine groups is 1. The quantitative estimate of drug-likeness (QED) is 0.866. The number of aliphatic hydroxyl groups excluding tert-OH is 1. The van der Waals surface area contributed by atoms with Crippen LogP contribution in [0.5, 0.6) is 0 Å². The Morgan fingerprint density at radius 3 is 2.30 bits per heavy atom. The second-order valence-corrected chi connectivity index (χ2v) is 4.70. The van der Waals surface area contributed by atoms with Crippen LogP contribution in [-0.4, -0.2) is 29.6 Å². The van der Waals surface area contributed by atoms with Crippen LogP contribution in [-0.2, 0) is 4.84 Å². The van der Waals surface area contributed by atoms with E-state index >= 15 is 0 Å². The maximum Gasteiger partial charge on any atom is 0.190 e. The highest BCUT2D eigenvalue weighted by Crippen LogP contribution is 2.26. The molecule has 0 amide bonds. The van der Waals surface area contributed by atoms with Gasteiger partial charge in [-0.2, -0.15) is 0 Å². The molecule has 1 N–H and O–H groups in total. The van der Waals surface area contributed by atoms with Crippen LogP contribution in [0.3, 0.4) is 0 Å². The molecular formula is C16H15NO3. The number of aliphatic hydroxyl groups is 1. The van der Waals surface area contributed by atoms with Crippen LogP contribution >= 0.6 is 0 Å². The maximum absolute atomic E-state index is 12.6. The third-order valence-electron chi connectivity index (χ3n) is 3.34. The van der Waals surface area contributed by atoms with E-state index < -0.39 is 12.1 Å². The molecule has 4 nitrogen and oxygen atoms in total. The fourth-order valence-electron chi connectivity index (χ4n) is 2.35. The first-order valence-corrected chi connectivity index (χ1v) is 6.52. The molecule has 20 heavy (non-hydrogen) atoms. The standard InChI is InChI=1S/C16H15NO3/c18-14-11-20-17(13-9-5-2-6-10-13)15(14)16(19)12-7-3-1-4-8-12/h1-10,14-15,18H,11H2/t14-,15-/m1/s1. The van der Waals surface area contributed by atoms with E-state index in [1.165, 1.54) is 5.06 Å². The predicted octanol–water partition coefficient (Wildman–Crippen LogP) is 2.05. The van der Waals surface area contributed by atoms with Gasteiger partial charge in [-0.15, -0.1) is 0 Å². The number of hydrogen-bond acceptors (Lipinski definition) is 4. The molecule has 102 valence electrons. The average Bonchev–Trinajstić information content (AvgIpc) is 2.90. The molecule has 4 heteroatoms. The van der Waals surface area contributed by atoms with Crippen LogP contribution in [0.1, 0.15) is 10.4 Å². The number of hydrogen-bond donors (Lipinski definition) is 1. The van der Waals surface area contributed by atoms with Crippen LogP contribution in [0.2, 0.25) is 0 Å². The minimum Gasteiger partial charge on any atom is -0.388 e. The van der Waals surface area contributed by atoms with Crippen molar-refractivity contribution in [2.75, 3.05) is 11.7 Å². The predicted molar refractivity (Wildman–Crippen MR) is 75.4 cm³/mol. The number of Topliss-reactive ketones (excluding diaryl/α,β-unsaturated/α-hetero) is 1. The Bertz CT molecular complexity index is 585. The Kier molecular flexibility index (Phi) is 3.50. The lowest BCUT2D eigenvalue weighted by Gasteiger charge is -2.24. The van der Waals surface area contributed by atoms with E-state index in [1.807, 2.05) is 48.5 Å². The number of benzene rings is 2. The molecule has 1 aliphatic heterocycles. The summed E-state index contributed by atoms with van der Waals surface area (Å²) in [5, 5.41) is 11.6. The monoisotopic (exact) mass is 269 g/mol. The SMILES string of the molecule is O=C(c1ccccc1)[C@H]1[C@H](O)CON1c1ccccc1. The van der Waals surface area contributed by atoms with Gasteiger partial charge in [0.05, 0.1) is 5.69 Å². The first-order valence-electron chi connectivity index (χ1n) is 6.52. The number of ketones is 1. The lowest BCUT2D eigenvalue weighted by molar-refractivity contribution is 0.0872. The zero-order valence-electron chi connectivity index (χ0n) is 10.8. The number of nitrogens with zero attached hydrogens (tertiary/aromatic N) is 1. The van der Waals surface area contributed by atoms with E-state index in [0.717, 1.165) is 5.69 Å². The summed E-state index contributed by atoms with van der Waals surface area (Å²) in [4.78, 5) is 18.0. The fraction of sp³-hybridized carbons (Fsp3) is 0.188. The van der Waals surface area contributed by atoms with Gasteiger partial charge in [0.2, 0.25) is 0 Å². The molecule has 2 atom stereocenters. The van der Waals surface area contributed by atoms with Crippen molar-refractivity contribution in [3.8, 4) is 0 Å². The van der Waals surface area contributed by atoms with Crippen molar-refractivity contribution < 1.29 is 14.7 Å². The summed E-state index contributed by atoms with van der Waals surface area (Å²) in [7, 11) is 0. The number of rotatable bonds is 3. The minimum absolute atomic E-state index is 0.123. The number of carbonyl (C=O) groups excluding carboxylic acids is 1. The summed E-state index contributed by atoms with van der Waals surface area (Å²) in [6.45, 7) is 0.123. The molecule has 1 heterocycles. The second kappa shape index (κ2) is 5.45. The molecule has 0 spiro atoms. The van der Waals surface area contributed by atoms with Gasteiger partial charge in [0.1, 0.15) is 18.8 Å². The van der Waals surface area contributed by atoms with Crippen LogP contribution in [0.4, 0.5) is 5.69 Å². The molecule has 0 radical (unpaired) electrons. The molecule has 1 aliphatic rings. The van der Waals surface area contributed by atoms with E-state index in [4.69, 9.17) is 4.84 Å². The summed E-state index contributed by atoms with van der Waals surface area (Å²) < 4.78 is 0. The van der Waals surface area contributed by atoms with Gasteiger partial charge in [0, 0.05) is 5.56 Å². The minimum atomic E-state index is -0.831. The van der Waals surface area contributed by atoms with Crippen molar-refractivity contribution in [1.29, 1.82) is 0 Å². The van der Waals surface area contributed by atoms with Gasteiger partial charge in [-0.1, -0.05) is 48.5 Å². The van der Waals surface area contributed by atoms with E-state index in [2.05, 4.69) is 0 Å². The molecule has 0 unspecified atom stereocenters. The molecule has 1 saturated heterocycles. The molecule has 0 aromatic heterocycles. The Morgan fingerprint density at radius 2 is 1.65 bits per heavy atom. The average molecular weight is 269 g/mol. The van der Waals surface area contributed by atoms with Crippen LogP contribution in [0.15, 0.2) is 60.7 Å². The van der Waals surface area contributed by atoms with Gasteiger partial charge in [-0.25, -0.2) is 5.06 Å². The zero-order valence-corrected chi connectivity index (χ0v) is 10.8. The van der Waals surface area contributed by atoms with Gasteiger partial charge in [-0.3, -0.25) is 9.63 Å². The normalized spacial score (nSPS) is 21.9. The summed E-state index contributed by atoms with van der Waals surface area (Å²) in [6.07, 6.45) is -0.831. The van der Waals surface area contributed by atoms with Crippen LogP contribution < -0.4 is 5.06 Å². The Labute approximate surface area is 117 Å². The summed E-state index contributed by atoms with van der Waals surface area (Å²) in [6, 6.07) is 17.6. The molecule has 3 rings (SSSR count). The largest absolute Gasteiger partial charge is 0.388 e. The summed E-state index contributed by atoms with van der Waals surface area (Å²) in [5.41, 5.74) is 1.33. The number of carbonyl (C=O) groups is 1. The topological polar surface area (TPSA) is 49.8 Å². The molecule has 0 aliphatic carbocycles. The van der Waals surface area contributed by atoms with Gasteiger partial charge in [0.25, 0.3) is 0 Å². The van der Waals surface area contributed by atoms with E-state index in [-0.39, 0.29) is 12.4 Å². The van der Waals surface area contributed by atoms with Gasteiger partial charge >= 0.3 is 0 Å². The van der Waals surface area contributed by atoms with E-state index in [0.29, 0.717) is 5.56 Å². The molecular weight excluding hydrogens is 254 g/mol. The van der Waals surface area contributed by atoms with Crippen molar-refractivity contribution in [2.45, 2.75) is 12.1 Å². The third kappa shape index (κ3) is 2.31. The van der Waals surface area contributed by atoms with Crippen molar-refractivity contribution in [2.24, 2.45) is 0 Å². The molecule has 0 bridgehead atoms. The molecule has 0 saturated carbocycles. The molecule has 1 fully saturated rings. The smallest absolute Gasteiger partial charge is 0.190 e. The molecule has 2 aromatic rings. The first-order chi connectivity index (χ1) is 9.77. The number of para-hydroxylation sites is 1. The van der Waals surface area contributed by atoms with Crippen molar-refractivity contribution >= 4 is 11.5 Å². The van der Waals surface area contributed by atoms with Crippen molar-refractivity contribution in [3.05, 3.63) is 66.2 Å². The Hall–Kier alpha value is -2.17. The Morgan fingerprint density at radius 1 is 1.05 bits per heavy atom. The summed E-state index contributed by atoms with van der Waals surface area (Å²) >= 11 is 0. The van der Waals surface area contributed by atoms with Crippen molar-refractivity contribution in [1.82, 2.24) is 0 Å². The van der Waals surface area contributed by atoms with Gasteiger partial charge < -0.3 is 5.11 Å².